The van der Waals surface area contributed by atoms with Gasteiger partial charge in [-0.05, 0) is 128 Å². The van der Waals surface area contributed by atoms with Crippen molar-refractivity contribution in [3.8, 4) is 0 Å². The molecule has 0 bridgehead atoms. The van der Waals surface area contributed by atoms with E-state index < -0.39 is 171 Å². The average molecular weight is 1320 g/mol. The zero-order chi connectivity index (χ0) is 69.2. The Morgan fingerprint density at radius 1 is 0.500 bits per heavy atom. The van der Waals surface area contributed by atoms with E-state index in [1.165, 1.54) is 25.2 Å². The van der Waals surface area contributed by atoms with Gasteiger partial charge in [-0.15, -0.1) is 6.58 Å². The molecule has 2 heterocycles. The summed E-state index contributed by atoms with van der Waals surface area (Å²) in [6.45, 7) is 10.1. The van der Waals surface area contributed by atoms with Gasteiger partial charge < -0.3 is 127 Å². The summed E-state index contributed by atoms with van der Waals surface area (Å²) in [6.07, 6.45) is -12.7. The maximum atomic E-state index is 11.2. The first kappa shape index (κ1) is 85.0. The van der Waals surface area contributed by atoms with Crippen LogP contribution < -0.4 is 0 Å². The highest BCUT2D eigenvalue weighted by molar-refractivity contribution is 5.11. The molecule has 2 fully saturated rings. The van der Waals surface area contributed by atoms with Gasteiger partial charge in [0.1, 0.15) is 61.0 Å². The third-order valence-electron chi connectivity index (χ3n) is 17.2. The zero-order valence-electron chi connectivity index (χ0n) is 53.6. The molecule has 25 heteroatoms. The highest BCUT2D eigenvalue weighted by Gasteiger charge is 2.47. The zero-order valence-corrected chi connectivity index (χ0v) is 53.6. The molecule has 25 nitrogen and oxygen atoms in total. The largest absolute Gasteiger partial charge is 0.394 e. The molecule has 27 unspecified atom stereocenters. The van der Waals surface area contributed by atoms with Gasteiger partial charge in [0.15, 0.2) is 0 Å². The fraction of sp³-hybridized carbons (Fsp3) is 0.761. The lowest BCUT2D eigenvalue weighted by Gasteiger charge is -2.42. The molecule has 92 heavy (non-hydrogen) atoms. The van der Waals surface area contributed by atoms with E-state index in [0.717, 1.165) is 0 Å². The normalized spacial score (nSPS) is 27.6. The van der Waals surface area contributed by atoms with Crippen LogP contribution in [0.1, 0.15) is 149 Å². The van der Waals surface area contributed by atoms with Gasteiger partial charge in [-0.3, -0.25) is 0 Å². The minimum Gasteiger partial charge on any atom is -0.394 e. The first-order valence-corrected chi connectivity index (χ1v) is 32.6. The number of hydrogen-bond acceptors (Lipinski definition) is 25. The molecule has 0 aromatic rings. The Hall–Kier alpha value is -3.08. The van der Waals surface area contributed by atoms with Crippen molar-refractivity contribution < 1.29 is 127 Å². The van der Waals surface area contributed by atoms with Crippen molar-refractivity contribution in [3.63, 3.8) is 0 Å². The van der Waals surface area contributed by atoms with Crippen LogP contribution in [0.4, 0.5) is 0 Å². The Labute approximate surface area is 542 Å². The van der Waals surface area contributed by atoms with E-state index in [0.29, 0.717) is 76.2 Å². The van der Waals surface area contributed by atoms with Crippen molar-refractivity contribution in [1.29, 1.82) is 0 Å². The van der Waals surface area contributed by atoms with Gasteiger partial charge in [0, 0.05) is 25.2 Å². The maximum absolute atomic E-state index is 11.2. The van der Waals surface area contributed by atoms with Crippen molar-refractivity contribution in [2.75, 3.05) is 6.61 Å². The predicted molar refractivity (Wildman–Crippen MR) is 341 cm³/mol. The smallest absolute Gasteiger partial charge is 0.115 e. The van der Waals surface area contributed by atoms with Crippen LogP contribution in [-0.4, -0.2) is 283 Å². The predicted octanol–water partition coefficient (Wildman–Crippen LogP) is -1.25. The Kier molecular flexibility index (Phi) is 42.7. The molecule has 2 saturated heterocycles. The van der Waals surface area contributed by atoms with Crippen LogP contribution in [0.3, 0.4) is 0 Å². The molecule has 0 aliphatic carbocycles. The SMILES string of the molecule is C=CCCC(O)/C=C/C=C/C(O)CCC/C=C/C(O)C(O)C1OC(C(O)C(O)C(=C)CCC(O)C2CC(O)C(O)C(C(O)C(O)/C=C(\C)CCC(O)CC(O)C(O)C(C)C(O)C(O)C/C=C/CC(O)/C=C/CC(O)CCCC(O)CCCC(O)CO)O2)CC(O)C1O. The van der Waals surface area contributed by atoms with E-state index >= 15 is 0 Å². The summed E-state index contributed by atoms with van der Waals surface area (Å²) in [5.74, 6) is -1.05. The van der Waals surface area contributed by atoms with Gasteiger partial charge in [0.05, 0.1) is 104 Å². The van der Waals surface area contributed by atoms with E-state index in [4.69, 9.17) is 14.6 Å². The lowest BCUT2D eigenvalue weighted by atomic mass is 9.86. The lowest BCUT2D eigenvalue weighted by Crippen LogP contribution is -2.59. The summed E-state index contributed by atoms with van der Waals surface area (Å²) in [5.41, 5.74) is 0.416. The number of aliphatic hydroxyl groups excluding tert-OH is 23. The molecule has 534 valence electrons. The topological polar surface area (TPSA) is 484 Å². The quantitative estimate of drug-likeness (QED) is 0.0192. The average Bonchev–Trinajstić information content (AvgIpc) is 0.855. The van der Waals surface area contributed by atoms with Crippen LogP contribution in [0, 0.1) is 5.92 Å². The van der Waals surface area contributed by atoms with Crippen molar-refractivity contribution >= 4 is 0 Å². The molecule has 23 N–H and O–H groups in total. The Balaban J connectivity index is 1.82. The van der Waals surface area contributed by atoms with Crippen molar-refractivity contribution in [2.45, 2.75) is 307 Å². The molecular formula is C67H116O25. The molecule has 0 aromatic carbocycles. The molecule has 0 aromatic heterocycles. The standard InChI is InChI=1S/C67H116O25/c1-5-6-17-42(69)19-10-11-20-43(70)18-8-7-9-28-51(78)61(86)66-64(89)55(82)37-57(92-66)65(90)58(83)40(3)31-33-49(76)56-36-54(81)63(88)67(91-56)62(87)52(79)34-39(2)30-32-47(74)35-53(80)60(85)41(4)59(84)50(77)29-13-12-21-44(71)22-14-23-45(72)24-15-25-46(73)26-16-27-48(75)38-68/h5,9-14,19-20,22,28,34,41-90H,1,3,6-8,15-18,21,23-27,29-33,35-38H2,2,4H3/b13-12+,19-10+,20-11+,22-14+,28-9+,39-34+. The third-order valence-corrected chi connectivity index (χ3v) is 17.2. The van der Waals surface area contributed by atoms with E-state index in [-0.39, 0.29) is 70.0 Å². The third kappa shape index (κ3) is 32.3. The fourth-order valence-electron chi connectivity index (χ4n) is 11.0. The Morgan fingerprint density at radius 2 is 1.04 bits per heavy atom. The van der Waals surface area contributed by atoms with E-state index in [1.807, 2.05) is 0 Å². The molecule has 0 spiro atoms. The van der Waals surface area contributed by atoms with Crippen LogP contribution in [0.5, 0.6) is 0 Å². The van der Waals surface area contributed by atoms with Gasteiger partial charge in [-0.25, -0.2) is 0 Å². The van der Waals surface area contributed by atoms with Crippen molar-refractivity contribution in [3.05, 3.63) is 97.2 Å². The number of hydrogen-bond donors (Lipinski definition) is 23. The summed E-state index contributed by atoms with van der Waals surface area (Å²) in [5, 5.41) is 243. The minimum atomic E-state index is -1.86. The molecule has 27 atom stereocenters. The number of allylic oxidation sites excluding steroid dienone is 5. The van der Waals surface area contributed by atoms with E-state index in [2.05, 4.69) is 13.2 Å². The van der Waals surface area contributed by atoms with Crippen LogP contribution in [0.25, 0.3) is 0 Å². The molecular weight excluding hydrogens is 1200 g/mol. The lowest BCUT2D eigenvalue weighted by molar-refractivity contribution is -0.234. The van der Waals surface area contributed by atoms with Crippen molar-refractivity contribution in [1.82, 2.24) is 0 Å². The Morgan fingerprint density at radius 3 is 1.65 bits per heavy atom. The van der Waals surface area contributed by atoms with Crippen LogP contribution in [0.2, 0.25) is 0 Å². The number of aliphatic hydroxyl groups is 23. The summed E-state index contributed by atoms with van der Waals surface area (Å²) in [4.78, 5) is 0. The first-order chi connectivity index (χ1) is 43.4. The number of rotatable bonds is 48. The van der Waals surface area contributed by atoms with Crippen LogP contribution in [0.15, 0.2) is 97.2 Å². The molecule has 0 amide bonds. The molecule has 0 saturated carbocycles. The highest BCUT2D eigenvalue weighted by Crippen LogP contribution is 2.32. The van der Waals surface area contributed by atoms with E-state index in [1.54, 1.807) is 61.6 Å². The maximum Gasteiger partial charge on any atom is 0.115 e. The van der Waals surface area contributed by atoms with Gasteiger partial charge in [0.2, 0.25) is 0 Å². The summed E-state index contributed by atoms with van der Waals surface area (Å²) >= 11 is 0. The first-order valence-electron chi connectivity index (χ1n) is 32.6. The number of unbranched alkanes of at least 4 members (excludes halogenated alkanes) is 1. The summed E-state index contributed by atoms with van der Waals surface area (Å²) in [6, 6.07) is 0. The number of ether oxygens (including phenoxy) is 2. The van der Waals surface area contributed by atoms with Gasteiger partial charge in [-0.1, -0.05) is 92.0 Å². The molecule has 2 rings (SSSR count). The molecule has 0 radical (unpaired) electrons. The molecule has 2 aliphatic heterocycles. The van der Waals surface area contributed by atoms with E-state index in [9.17, 15) is 112 Å². The van der Waals surface area contributed by atoms with Gasteiger partial charge in [-0.2, -0.15) is 0 Å². The fourth-order valence-corrected chi connectivity index (χ4v) is 11.0. The second-order valence-corrected chi connectivity index (χ2v) is 25.3. The Bertz CT molecular complexity index is 2160. The van der Waals surface area contributed by atoms with Crippen LogP contribution >= 0.6 is 0 Å². The monoisotopic (exact) mass is 1320 g/mol. The second kappa shape index (κ2) is 46.2. The van der Waals surface area contributed by atoms with Crippen molar-refractivity contribution in [2.24, 2.45) is 5.92 Å². The highest BCUT2D eigenvalue weighted by atomic mass is 16.6. The van der Waals surface area contributed by atoms with Crippen LogP contribution in [-0.2, 0) is 9.47 Å². The minimum absolute atomic E-state index is 0.00373. The summed E-state index contributed by atoms with van der Waals surface area (Å²) < 4.78 is 11.6. The second-order valence-electron chi connectivity index (χ2n) is 25.3. The summed E-state index contributed by atoms with van der Waals surface area (Å²) in [7, 11) is 0. The van der Waals surface area contributed by atoms with Gasteiger partial charge >= 0.3 is 0 Å². The van der Waals surface area contributed by atoms with Gasteiger partial charge in [0.25, 0.3) is 0 Å². The molecule has 2 aliphatic rings.